The molecule has 2 nitrogen and oxygen atoms in total. The molecular weight excluding hydrogens is 374 g/mol. The van der Waals surface area contributed by atoms with Crippen molar-refractivity contribution in [1.82, 2.24) is 0 Å². The van der Waals surface area contributed by atoms with Crippen molar-refractivity contribution in [1.29, 1.82) is 0 Å². The third-order valence-corrected chi connectivity index (χ3v) is 3.29. The third-order valence-electron chi connectivity index (χ3n) is 1.98. The van der Waals surface area contributed by atoms with E-state index in [4.69, 9.17) is 0 Å². The van der Waals surface area contributed by atoms with Gasteiger partial charge in [-0.15, -0.1) is 0 Å². The molecule has 0 spiro atoms. The number of halogens is 11. The fourth-order valence-corrected chi connectivity index (χ4v) is 1.33. The summed E-state index contributed by atoms with van der Waals surface area (Å²) < 4.78 is 107. The molecule has 120 valence electrons. The maximum atomic E-state index is 13.4. The van der Waals surface area contributed by atoms with Gasteiger partial charge in [-0.2, -0.15) is 26.3 Å². The molecule has 0 aliphatic rings. The summed E-state index contributed by atoms with van der Waals surface area (Å²) in [5.74, 6) is -15.4. The van der Waals surface area contributed by atoms with Crippen LogP contribution in [0.25, 0.3) is 0 Å². The molecule has 0 aromatic carbocycles. The van der Waals surface area contributed by atoms with Crippen LogP contribution in [-0.4, -0.2) is 40.6 Å². The Kier molecular flexibility index (Phi) is 5.15. The summed E-state index contributed by atoms with van der Waals surface area (Å²) in [5.41, 5.74) is 0. The van der Waals surface area contributed by atoms with Crippen LogP contribution >= 0.6 is 34.8 Å². The average Bonchev–Trinajstić information content (AvgIpc) is 2.25. The van der Waals surface area contributed by atoms with Crippen molar-refractivity contribution in [2.24, 2.45) is 0 Å². The van der Waals surface area contributed by atoms with Gasteiger partial charge in [-0.3, -0.25) is 0 Å². The molecule has 0 unspecified atom stereocenters. The lowest BCUT2D eigenvalue weighted by molar-refractivity contribution is -0.265. The molecular formula is C7H3Cl3F8O2. The first-order valence-electron chi connectivity index (χ1n) is 4.15. The van der Waals surface area contributed by atoms with Gasteiger partial charge in [-0.05, 0) is 11.6 Å². The molecule has 2 atom stereocenters. The Balaban J connectivity index is 6.00. The molecule has 0 aromatic heterocycles. The summed E-state index contributed by atoms with van der Waals surface area (Å²) in [5, 5.41) is -17.5. The number of methoxy groups -OCH3 is 1. The van der Waals surface area contributed by atoms with Crippen molar-refractivity contribution in [2.45, 2.75) is 27.5 Å². The summed E-state index contributed by atoms with van der Waals surface area (Å²) in [6.07, 6.45) is 0. The molecule has 0 radical (unpaired) electrons. The normalized spacial score (nSPS) is 20.0. The van der Waals surface area contributed by atoms with E-state index >= 15 is 0 Å². The zero-order valence-corrected chi connectivity index (χ0v) is 11.2. The van der Waals surface area contributed by atoms with Crippen LogP contribution in [0.5, 0.6) is 0 Å². The number of carbonyl (C=O) groups excluding carboxylic acids is 1. The van der Waals surface area contributed by atoms with Crippen LogP contribution < -0.4 is 0 Å². The molecule has 20 heavy (non-hydrogen) atoms. The van der Waals surface area contributed by atoms with Gasteiger partial charge in [0.1, 0.15) is 0 Å². The van der Waals surface area contributed by atoms with E-state index in [0.717, 1.165) is 0 Å². The first-order valence-corrected chi connectivity index (χ1v) is 5.28. The molecule has 0 bridgehead atoms. The van der Waals surface area contributed by atoms with Gasteiger partial charge in [0.2, 0.25) is 0 Å². The predicted octanol–water partition coefficient (Wildman–Crippen LogP) is 4.07. The number of carbonyl (C=O) groups is 1. The number of ether oxygens (including phenoxy) is 1. The summed E-state index contributed by atoms with van der Waals surface area (Å²) in [4.78, 5) is 10.5. The zero-order valence-electron chi connectivity index (χ0n) is 8.97. The van der Waals surface area contributed by atoms with Crippen LogP contribution in [0.3, 0.4) is 0 Å². The second-order valence-corrected chi connectivity index (χ2v) is 4.80. The molecule has 0 rings (SSSR count). The van der Waals surface area contributed by atoms with E-state index in [1.165, 1.54) is 0 Å². The minimum absolute atomic E-state index is 0.223. The van der Waals surface area contributed by atoms with Crippen LogP contribution in [0.1, 0.15) is 0 Å². The van der Waals surface area contributed by atoms with Gasteiger partial charge >= 0.3 is 33.5 Å². The van der Waals surface area contributed by atoms with E-state index in [-0.39, 0.29) is 7.11 Å². The largest absolute Gasteiger partial charge is 0.464 e. The van der Waals surface area contributed by atoms with E-state index in [0.29, 0.717) is 0 Å². The lowest BCUT2D eigenvalue weighted by atomic mass is 10.0. The topological polar surface area (TPSA) is 26.3 Å². The number of alkyl halides is 11. The van der Waals surface area contributed by atoms with E-state index < -0.39 is 33.5 Å². The van der Waals surface area contributed by atoms with Gasteiger partial charge < -0.3 is 4.74 Å². The second kappa shape index (κ2) is 5.20. The Bertz CT molecular complexity index is 392. The molecule has 0 amide bonds. The maximum Gasteiger partial charge on any atom is 0.395 e. The SMILES string of the molecule is COC(=O)C(F)(F)[C@@](F)(Cl)C(F)(F)[C@@](F)(Cl)C(F)(F)Cl. The quantitative estimate of drug-likeness (QED) is 0.410. The summed E-state index contributed by atoms with van der Waals surface area (Å²) in [7, 11) is 0.223. The first kappa shape index (κ1) is 19.8. The van der Waals surface area contributed by atoms with E-state index in [1.54, 1.807) is 0 Å². The van der Waals surface area contributed by atoms with E-state index in [2.05, 4.69) is 39.5 Å². The number of rotatable bonds is 5. The molecule has 0 aliphatic carbocycles. The highest BCUT2D eigenvalue weighted by Gasteiger charge is 2.85. The highest BCUT2D eigenvalue weighted by molar-refractivity contribution is 6.34. The smallest absolute Gasteiger partial charge is 0.395 e. The molecule has 0 aromatic rings. The minimum Gasteiger partial charge on any atom is -0.464 e. The maximum absolute atomic E-state index is 13.4. The van der Waals surface area contributed by atoms with Crippen molar-refractivity contribution < 1.29 is 44.7 Å². The van der Waals surface area contributed by atoms with E-state index in [9.17, 15) is 39.9 Å². The third kappa shape index (κ3) is 2.61. The van der Waals surface area contributed by atoms with Crippen LogP contribution in [0.15, 0.2) is 0 Å². The fourth-order valence-electron chi connectivity index (χ4n) is 0.829. The second-order valence-electron chi connectivity index (χ2n) is 3.29. The molecule has 0 N–H and O–H groups in total. The molecule has 0 aliphatic heterocycles. The number of hydrogen-bond donors (Lipinski definition) is 0. The summed E-state index contributed by atoms with van der Waals surface area (Å²) in [6.45, 7) is 0. The highest BCUT2D eigenvalue weighted by atomic mass is 35.5. The number of esters is 1. The van der Waals surface area contributed by atoms with Gasteiger partial charge in [0.15, 0.2) is 0 Å². The van der Waals surface area contributed by atoms with Crippen LogP contribution in [0.2, 0.25) is 0 Å². The first-order chi connectivity index (χ1) is 8.48. The monoisotopic (exact) mass is 376 g/mol. The van der Waals surface area contributed by atoms with Crippen LogP contribution in [0, 0.1) is 0 Å². The molecule has 0 saturated carbocycles. The van der Waals surface area contributed by atoms with Gasteiger partial charge in [0.05, 0.1) is 7.11 Å². The van der Waals surface area contributed by atoms with Gasteiger partial charge in [-0.1, -0.05) is 23.2 Å². The van der Waals surface area contributed by atoms with Crippen molar-refractivity contribution in [3.8, 4) is 0 Å². The Hall–Kier alpha value is -0.220. The lowest BCUT2D eigenvalue weighted by Gasteiger charge is -2.38. The van der Waals surface area contributed by atoms with Crippen molar-refractivity contribution in [2.75, 3.05) is 7.11 Å². The van der Waals surface area contributed by atoms with E-state index in [1.807, 2.05) is 0 Å². The Labute approximate surface area is 120 Å². The Morgan fingerprint density at radius 1 is 0.850 bits per heavy atom. The molecule has 0 saturated heterocycles. The molecule has 13 heteroatoms. The predicted molar refractivity (Wildman–Crippen MR) is 52.1 cm³/mol. The standard InChI is InChI=1S/C7H3Cl3F8O2/c1-20-2(19)3(11,12)4(8,13)6(15,16)5(9,14)7(10,17)18/h1H3/t4-,5-/m0/s1. The van der Waals surface area contributed by atoms with Gasteiger partial charge in [-0.25, -0.2) is 13.6 Å². The van der Waals surface area contributed by atoms with Gasteiger partial charge in [0.25, 0.3) is 0 Å². The summed E-state index contributed by atoms with van der Waals surface area (Å²) in [6, 6.07) is 0. The summed E-state index contributed by atoms with van der Waals surface area (Å²) >= 11 is 12.0. The van der Waals surface area contributed by atoms with Crippen LogP contribution in [0.4, 0.5) is 35.1 Å². The molecule has 0 heterocycles. The van der Waals surface area contributed by atoms with Crippen LogP contribution in [-0.2, 0) is 9.53 Å². The Morgan fingerprint density at radius 2 is 1.20 bits per heavy atom. The minimum atomic E-state index is -6.49. The van der Waals surface area contributed by atoms with Gasteiger partial charge in [0, 0.05) is 0 Å². The van der Waals surface area contributed by atoms with Crippen molar-refractivity contribution >= 4 is 40.8 Å². The fraction of sp³-hybridized carbons (Fsp3) is 0.857. The number of hydrogen-bond acceptors (Lipinski definition) is 2. The average molecular weight is 377 g/mol. The highest BCUT2D eigenvalue weighted by Crippen LogP contribution is 2.60. The van der Waals surface area contributed by atoms with Crippen molar-refractivity contribution in [3.63, 3.8) is 0 Å². The zero-order chi connectivity index (χ0) is 16.8. The van der Waals surface area contributed by atoms with Crippen molar-refractivity contribution in [3.05, 3.63) is 0 Å². The lowest BCUT2D eigenvalue weighted by Crippen LogP contribution is -2.67. The molecule has 0 fully saturated rings. The Morgan fingerprint density at radius 3 is 1.45 bits per heavy atom.